The average Bonchev–Trinajstić information content (AvgIpc) is 2.98. The summed E-state index contributed by atoms with van der Waals surface area (Å²) in [6.45, 7) is 3.53. The monoisotopic (exact) mass is 253 g/mol. The summed E-state index contributed by atoms with van der Waals surface area (Å²) < 4.78 is 0. The molecule has 1 saturated carbocycles. The van der Waals surface area contributed by atoms with Crippen LogP contribution >= 0.6 is 0 Å². The summed E-state index contributed by atoms with van der Waals surface area (Å²) in [5.41, 5.74) is 5.26. The van der Waals surface area contributed by atoms with E-state index in [0.717, 1.165) is 25.4 Å². The summed E-state index contributed by atoms with van der Waals surface area (Å²) in [5, 5.41) is 2.98. The molecule has 1 saturated heterocycles. The molecule has 0 aromatic heterocycles. The number of nitrogens with zero attached hydrogens (tertiary/aromatic N) is 1. The molecule has 0 aromatic carbocycles. The maximum absolute atomic E-state index is 11.2. The smallest absolute Gasteiger partial charge is 0.231 e. The van der Waals surface area contributed by atoms with E-state index in [9.17, 15) is 9.59 Å². The van der Waals surface area contributed by atoms with Crippen LogP contribution in [0.15, 0.2) is 0 Å². The Bertz CT molecular complexity index is 304. The average molecular weight is 253 g/mol. The van der Waals surface area contributed by atoms with Gasteiger partial charge < -0.3 is 11.1 Å². The van der Waals surface area contributed by atoms with Crippen molar-refractivity contribution >= 4 is 11.8 Å². The van der Waals surface area contributed by atoms with Gasteiger partial charge in [0.05, 0.1) is 6.54 Å². The van der Waals surface area contributed by atoms with Gasteiger partial charge in [0.1, 0.15) is 0 Å². The fourth-order valence-electron chi connectivity index (χ4n) is 3.04. The van der Waals surface area contributed by atoms with Gasteiger partial charge >= 0.3 is 0 Å². The van der Waals surface area contributed by atoms with Crippen LogP contribution < -0.4 is 11.1 Å². The van der Waals surface area contributed by atoms with E-state index in [0.29, 0.717) is 12.5 Å². The minimum absolute atomic E-state index is 0.00565. The first-order chi connectivity index (χ1) is 8.52. The van der Waals surface area contributed by atoms with Crippen molar-refractivity contribution in [3.05, 3.63) is 0 Å². The van der Waals surface area contributed by atoms with Crippen molar-refractivity contribution < 1.29 is 9.59 Å². The molecule has 2 rings (SSSR count). The molecule has 1 aliphatic carbocycles. The summed E-state index contributed by atoms with van der Waals surface area (Å²) in [4.78, 5) is 24.3. The van der Waals surface area contributed by atoms with Gasteiger partial charge in [-0.15, -0.1) is 0 Å². The highest BCUT2D eigenvalue weighted by Gasteiger charge is 2.32. The number of nitrogens with one attached hydrogen (secondary N) is 1. The highest BCUT2D eigenvalue weighted by molar-refractivity contribution is 5.76. The number of likely N-dealkylation sites (tertiary alicyclic amines) is 1. The highest BCUT2D eigenvalue weighted by atomic mass is 16.2. The molecule has 1 aliphatic heterocycles. The lowest BCUT2D eigenvalue weighted by atomic mass is 9.89. The second-order valence-electron chi connectivity index (χ2n) is 5.84. The first-order valence-electron chi connectivity index (χ1n) is 6.80. The van der Waals surface area contributed by atoms with Crippen molar-refractivity contribution in [2.24, 2.45) is 17.6 Å². The van der Waals surface area contributed by atoms with E-state index in [1.54, 1.807) is 6.92 Å². The zero-order chi connectivity index (χ0) is 13.1. The van der Waals surface area contributed by atoms with Gasteiger partial charge in [0.25, 0.3) is 0 Å². The lowest BCUT2D eigenvalue weighted by molar-refractivity contribution is -0.120. The van der Waals surface area contributed by atoms with E-state index in [1.807, 2.05) is 0 Å². The van der Waals surface area contributed by atoms with E-state index in [2.05, 4.69) is 10.2 Å². The lowest BCUT2D eigenvalue weighted by Gasteiger charge is -2.37. The van der Waals surface area contributed by atoms with E-state index in [4.69, 9.17) is 5.73 Å². The Morgan fingerprint density at radius 3 is 2.56 bits per heavy atom. The highest BCUT2D eigenvalue weighted by Crippen LogP contribution is 2.37. The van der Waals surface area contributed by atoms with Crippen molar-refractivity contribution in [1.82, 2.24) is 10.2 Å². The van der Waals surface area contributed by atoms with Crippen LogP contribution in [0.25, 0.3) is 0 Å². The Morgan fingerprint density at radius 1 is 1.28 bits per heavy atom. The lowest BCUT2D eigenvalue weighted by Crippen LogP contribution is -2.52. The Kier molecular flexibility index (Phi) is 4.22. The first kappa shape index (κ1) is 13.3. The summed E-state index contributed by atoms with van der Waals surface area (Å²) in [7, 11) is 0. The second kappa shape index (κ2) is 5.69. The van der Waals surface area contributed by atoms with Crippen LogP contribution in [0.2, 0.25) is 0 Å². The molecule has 2 atom stereocenters. The van der Waals surface area contributed by atoms with Crippen molar-refractivity contribution in [1.29, 1.82) is 0 Å². The van der Waals surface area contributed by atoms with Gasteiger partial charge in [0, 0.05) is 26.1 Å². The van der Waals surface area contributed by atoms with Crippen molar-refractivity contribution in [3.8, 4) is 0 Å². The Balaban J connectivity index is 1.89. The molecule has 18 heavy (non-hydrogen) atoms. The summed E-state index contributed by atoms with van der Waals surface area (Å²) in [5.74, 6) is 1.18. The second-order valence-corrected chi connectivity index (χ2v) is 5.84. The molecule has 0 bridgehead atoms. The minimum atomic E-state index is -0.288. The molecular weight excluding hydrogens is 230 g/mol. The molecular formula is C13H23N3O2. The number of hydrogen-bond acceptors (Lipinski definition) is 3. The number of nitrogens with two attached hydrogens (primary N) is 1. The van der Waals surface area contributed by atoms with Crippen LogP contribution in [0, 0.1) is 11.8 Å². The normalized spacial score (nSPS) is 28.9. The molecule has 2 amide bonds. The fraction of sp³-hybridized carbons (Fsp3) is 0.846. The van der Waals surface area contributed by atoms with Gasteiger partial charge in [0.2, 0.25) is 11.8 Å². The van der Waals surface area contributed by atoms with Crippen LogP contribution in [0.5, 0.6) is 0 Å². The number of carbonyl (C=O) groups excluding carboxylic acids is 2. The van der Waals surface area contributed by atoms with Crippen LogP contribution in [0.3, 0.4) is 0 Å². The Labute approximate surface area is 108 Å². The third-order valence-electron chi connectivity index (χ3n) is 3.76. The molecule has 0 aromatic rings. The van der Waals surface area contributed by atoms with Crippen LogP contribution in [0.1, 0.15) is 32.6 Å². The maximum Gasteiger partial charge on any atom is 0.231 e. The van der Waals surface area contributed by atoms with Gasteiger partial charge in [-0.2, -0.15) is 0 Å². The van der Waals surface area contributed by atoms with Gasteiger partial charge in [-0.25, -0.2) is 0 Å². The van der Waals surface area contributed by atoms with E-state index < -0.39 is 0 Å². The van der Waals surface area contributed by atoms with Gasteiger partial charge in [-0.3, -0.25) is 14.5 Å². The minimum Gasteiger partial charge on any atom is -0.369 e. The van der Waals surface area contributed by atoms with Crippen molar-refractivity contribution in [2.45, 2.75) is 38.6 Å². The molecule has 1 heterocycles. The first-order valence-corrected chi connectivity index (χ1v) is 6.80. The number of rotatable bonds is 5. The summed E-state index contributed by atoms with van der Waals surface area (Å²) >= 11 is 0. The number of carbonyl (C=O) groups is 2. The molecule has 5 nitrogen and oxygen atoms in total. The molecule has 0 spiro atoms. The third-order valence-corrected chi connectivity index (χ3v) is 3.76. The third kappa shape index (κ3) is 4.29. The summed E-state index contributed by atoms with van der Waals surface area (Å²) in [6.07, 6.45) is 4.95. The quantitative estimate of drug-likeness (QED) is 0.729. The number of piperidine rings is 1. The van der Waals surface area contributed by atoms with Gasteiger partial charge in [0.15, 0.2) is 0 Å². The Morgan fingerprint density at radius 2 is 2.00 bits per heavy atom. The standard InChI is InChI=1S/C13H23N3O2/c1-9(17)15-12-5-11(4-10-2-3-10)6-16(7-12)8-13(14)18/h10-12H,2-8H2,1H3,(H2,14,18)(H,15,17). The molecule has 3 N–H and O–H groups in total. The van der Waals surface area contributed by atoms with Crippen LogP contribution in [-0.2, 0) is 9.59 Å². The molecule has 102 valence electrons. The predicted molar refractivity (Wildman–Crippen MR) is 68.7 cm³/mol. The largest absolute Gasteiger partial charge is 0.369 e. The summed E-state index contributed by atoms with van der Waals surface area (Å²) in [6, 6.07) is 0.166. The van der Waals surface area contributed by atoms with E-state index in [1.165, 1.54) is 19.3 Å². The number of amides is 2. The molecule has 2 unspecified atom stereocenters. The maximum atomic E-state index is 11.2. The SMILES string of the molecule is CC(=O)NC1CC(CC2CC2)CN(CC(N)=O)C1. The van der Waals surface area contributed by atoms with Crippen LogP contribution in [-0.4, -0.2) is 42.4 Å². The van der Waals surface area contributed by atoms with Crippen molar-refractivity contribution in [2.75, 3.05) is 19.6 Å². The van der Waals surface area contributed by atoms with Gasteiger partial charge in [-0.05, 0) is 24.7 Å². The Hall–Kier alpha value is -1.10. The van der Waals surface area contributed by atoms with Crippen LogP contribution in [0.4, 0.5) is 0 Å². The number of primary amides is 1. The van der Waals surface area contributed by atoms with E-state index >= 15 is 0 Å². The zero-order valence-electron chi connectivity index (χ0n) is 11.0. The molecule has 5 heteroatoms. The van der Waals surface area contributed by atoms with Gasteiger partial charge in [-0.1, -0.05) is 12.8 Å². The number of hydrogen-bond donors (Lipinski definition) is 2. The van der Waals surface area contributed by atoms with Crippen molar-refractivity contribution in [3.63, 3.8) is 0 Å². The fourth-order valence-corrected chi connectivity index (χ4v) is 3.04. The predicted octanol–water partition coefficient (Wildman–Crippen LogP) is 0.0984. The molecule has 2 fully saturated rings. The van der Waals surface area contributed by atoms with E-state index in [-0.39, 0.29) is 17.9 Å². The molecule has 2 aliphatic rings. The molecule has 0 radical (unpaired) electrons. The zero-order valence-corrected chi connectivity index (χ0v) is 11.0. The topological polar surface area (TPSA) is 75.4 Å².